The first-order valence-electron chi connectivity index (χ1n) is 6.22. The third-order valence-corrected chi connectivity index (χ3v) is 3.92. The van der Waals surface area contributed by atoms with Crippen LogP contribution < -0.4 is 5.32 Å². The molecule has 0 aliphatic rings. The van der Waals surface area contributed by atoms with E-state index in [0.29, 0.717) is 23.2 Å². The van der Waals surface area contributed by atoms with Crippen LogP contribution in [0.25, 0.3) is 0 Å². The van der Waals surface area contributed by atoms with Gasteiger partial charge in [-0.15, -0.1) is 11.3 Å². The number of hydrogen-bond donors (Lipinski definition) is 1. The Morgan fingerprint density at radius 1 is 1.50 bits per heavy atom. The number of aromatic nitrogens is 1. The first-order valence-corrected chi connectivity index (χ1v) is 7.42. The van der Waals surface area contributed by atoms with Crippen LogP contribution in [-0.4, -0.2) is 17.6 Å². The van der Waals surface area contributed by atoms with Crippen molar-refractivity contribution < 1.29 is 9.53 Å². The Morgan fingerprint density at radius 3 is 2.95 bits per heavy atom. The van der Waals surface area contributed by atoms with Crippen LogP contribution >= 0.6 is 22.9 Å². The summed E-state index contributed by atoms with van der Waals surface area (Å²) in [5, 5.41) is 3.28. The van der Waals surface area contributed by atoms with E-state index in [9.17, 15) is 4.79 Å². The van der Waals surface area contributed by atoms with Gasteiger partial charge in [-0.3, -0.25) is 0 Å². The molecule has 0 saturated heterocycles. The van der Waals surface area contributed by atoms with Gasteiger partial charge in [-0.05, 0) is 31.5 Å². The topological polar surface area (TPSA) is 51.2 Å². The molecule has 0 unspecified atom stereocenters. The van der Waals surface area contributed by atoms with E-state index in [2.05, 4.69) is 10.3 Å². The van der Waals surface area contributed by atoms with Crippen LogP contribution in [0.5, 0.6) is 0 Å². The SMILES string of the molecule is CCOC(=O)c1cccc(NCc2cnc(Cl)s2)c1C. The van der Waals surface area contributed by atoms with Crippen molar-refractivity contribution in [1.29, 1.82) is 0 Å². The highest BCUT2D eigenvalue weighted by Crippen LogP contribution is 2.23. The van der Waals surface area contributed by atoms with Gasteiger partial charge >= 0.3 is 5.97 Å². The maximum absolute atomic E-state index is 11.8. The number of benzene rings is 1. The summed E-state index contributed by atoms with van der Waals surface area (Å²) in [5.41, 5.74) is 2.36. The predicted molar refractivity (Wildman–Crippen MR) is 81.6 cm³/mol. The van der Waals surface area contributed by atoms with Gasteiger partial charge in [0.1, 0.15) is 0 Å². The fraction of sp³-hybridized carbons (Fsp3) is 0.286. The molecule has 0 bridgehead atoms. The second kappa shape index (κ2) is 6.72. The zero-order valence-electron chi connectivity index (χ0n) is 11.3. The Morgan fingerprint density at radius 2 is 2.30 bits per heavy atom. The van der Waals surface area contributed by atoms with Gasteiger partial charge in [0.2, 0.25) is 0 Å². The van der Waals surface area contributed by atoms with Crippen molar-refractivity contribution in [1.82, 2.24) is 4.98 Å². The molecule has 2 rings (SSSR count). The number of thiazole rings is 1. The number of esters is 1. The number of rotatable bonds is 5. The summed E-state index contributed by atoms with van der Waals surface area (Å²) in [7, 11) is 0. The Labute approximate surface area is 126 Å². The van der Waals surface area contributed by atoms with Gasteiger partial charge < -0.3 is 10.1 Å². The molecule has 6 heteroatoms. The lowest BCUT2D eigenvalue weighted by atomic mass is 10.1. The summed E-state index contributed by atoms with van der Waals surface area (Å²) >= 11 is 7.23. The van der Waals surface area contributed by atoms with Crippen LogP contribution in [0.4, 0.5) is 5.69 Å². The Hall–Kier alpha value is -1.59. The highest BCUT2D eigenvalue weighted by molar-refractivity contribution is 7.15. The van der Waals surface area contributed by atoms with Crippen molar-refractivity contribution in [2.45, 2.75) is 20.4 Å². The molecule has 1 aromatic heterocycles. The summed E-state index contributed by atoms with van der Waals surface area (Å²) < 4.78 is 5.56. The minimum atomic E-state index is -0.297. The molecule has 0 aliphatic heterocycles. The third-order valence-electron chi connectivity index (χ3n) is 2.81. The Balaban J connectivity index is 2.12. The van der Waals surface area contributed by atoms with E-state index in [0.717, 1.165) is 16.1 Å². The molecule has 1 aromatic carbocycles. The van der Waals surface area contributed by atoms with Crippen molar-refractivity contribution in [2.24, 2.45) is 0 Å². The van der Waals surface area contributed by atoms with E-state index in [1.54, 1.807) is 19.2 Å². The minimum Gasteiger partial charge on any atom is -0.462 e. The Bertz CT molecular complexity index is 613. The largest absolute Gasteiger partial charge is 0.462 e. The number of nitrogens with zero attached hydrogens (tertiary/aromatic N) is 1. The highest BCUT2D eigenvalue weighted by atomic mass is 35.5. The first kappa shape index (κ1) is 14.8. The van der Waals surface area contributed by atoms with E-state index in [-0.39, 0.29) is 5.97 Å². The van der Waals surface area contributed by atoms with Crippen LogP contribution in [-0.2, 0) is 11.3 Å². The van der Waals surface area contributed by atoms with Crippen molar-refractivity contribution >= 4 is 34.6 Å². The lowest BCUT2D eigenvalue weighted by molar-refractivity contribution is 0.0525. The molecule has 1 heterocycles. The molecule has 0 radical (unpaired) electrons. The zero-order valence-corrected chi connectivity index (χ0v) is 12.8. The summed E-state index contributed by atoms with van der Waals surface area (Å²) in [6.45, 7) is 4.68. The first-order chi connectivity index (χ1) is 9.61. The monoisotopic (exact) mass is 310 g/mol. The number of carbonyl (C=O) groups is 1. The number of ether oxygens (including phenoxy) is 1. The molecule has 20 heavy (non-hydrogen) atoms. The molecular weight excluding hydrogens is 296 g/mol. The number of halogens is 1. The highest BCUT2D eigenvalue weighted by Gasteiger charge is 2.12. The average molecular weight is 311 g/mol. The maximum atomic E-state index is 11.8. The van der Waals surface area contributed by atoms with Crippen LogP contribution in [0, 0.1) is 6.92 Å². The maximum Gasteiger partial charge on any atom is 0.338 e. The van der Waals surface area contributed by atoms with E-state index >= 15 is 0 Å². The molecule has 0 saturated carbocycles. The van der Waals surface area contributed by atoms with E-state index in [1.165, 1.54) is 11.3 Å². The fourth-order valence-corrected chi connectivity index (χ4v) is 2.72. The van der Waals surface area contributed by atoms with Gasteiger partial charge in [0, 0.05) is 16.8 Å². The minimum absolute atomic E-state index is 0.297. The van der Waals surface area contributed by atoms with Crippen molar-refractivity contribution in [3.8, 4) is 0 Å². The van der Waals surface area contributed by atoms with E-state index in [4.69, 9.17) is 16.3 Å². The van der Waals surface area contributed by atoms with Gasteiger partial charge in [0.25, 0.3) is 0 Å². The summed E-state index contributed by atoms with van der Waals surface area (Å²) in [5.74, 6) is -0.297. The lowest BCUT2D eigenvalue weighted by Crippen LogP contribution is -2.09. The van der Waals surface area contributed by atoms with Crippen molar-refractivity contribution in [3.05, 3.63) is 44.9 Å². The van der Waals surface area contributed by atoms with Crippen LogP contribution in [0.2, 0.25) is 4.47 Å². The molecule has 2 aromatic rings. The Kier molecular flexibility index (Phi) is 4.98. The molecule has 0 spiro atoms. The number of anilines is 1. The van der Waals surface area contributed by atoms with Gasteiger partial charge in [-0.25, -0.2) is 9.78 Å². The average Bonchev–Trinajstić information content (AvgIpc) is 2.83. The number of carbonyl (C=O) groups excluding carboxylic acids is 1. The van der Waals surface area contributed by atoms with E-state index in [1.807, 2.05) is 19.1 Å². The van der Waals surface area contributed by atoms with Gasteiger partial charge in [0.05, 0.1) is 18.7 Å². The number of nitrogens with one attached hydrogen (secondary N) is 1. The molecule has 4 nitrogen and oxygen atoms in total. The fourth-order valence-electron chi connectivity index (χ4n) is 1.80. The van der Waals surface area contributed by atoms with Crippen LogP contribution in [0.1, 0.15) is 27.7 Å². The molecule has 0 aliphatic carbocycles. The van der Waals surface area contributed by atoms with Crippen molar-refractivity contribution in [2.75, 3.05) is 11.9 Å². The predicted octanol–water partition coefficient (Wildman–Crippen LogP) is 3.89. The summed E-state index contributed by atoms with van der Waals surface area (Å²) in [4.78, 5) is 16.8. The molecule has 0 amide bonds. The quantitative estimate of drug-likeness (QED) is 0.851. The van der Waals surface area contributed by atoms with Crippen LogP contribution in [0.15, 0.2) is 24.4 Å². The standard InChI is InChI=1S/C14H15ClN2O2S/c1-3-19-13(18)11-5-4-6-12(9(11)2)16-7-10-8-17-14(15)20-10/h4-6,8,16H,3,7H2,1-2H3. The molecule has 0 fully saturated rings. The zero-order chi connectivity index (χ0) is 14.5. The molecule has 0 atom stereocenters. The number of hydrogen-bond acceptors (Lipinski definition) is 5. The normalized spacial score (nSPS) is 10.3. The molecular formula is C14H15ClN2O2S. The second-order valence-electron chi connectivity index (χ2n) is 4.13. The molecule has 1 N–H and O–H groups in total. The van der Waals surface area contributed by atoms with Gasteiger partial charge in [0.15, 0.2) is 4.47 Å². The summed E-state index contributed by atoms with van der Waals surface area (Å²) in [6.07, 6.45) is 1.74. The van der Waals surface area contributed by atoms with Gasteiger partial charge in [-0.2, -0.15) is 0 Å². The van der Waals surface area contributed by atoms with Crippen LogP contribution in [0.3, 0.4) is 0 Å². The summed E-state index contributed by atoms with van der Waals surface area (Å²) in [6, 6.07) is 5.53. The molecule has 106 valence electrons. The van der Waals surface area contributed by atoms with E-state index < -0.39 is 0 Å². The second-order valence-corrected chi connectivity index (χ2v) is 5.83. The third kappa shape index (κ3) is 3.49. The lowest BCUT2D eigenvalue weighted by Gasteiger charge is -2.12. The van der Waals surface area contributed by atoms with Gasteiger partial charge in [-0.1, -0.05) is 17.7 Å². The van der Waals surface area contributed by atoms with Crippen molar-refractivity contribution in [3.63, 3.8) is 0 Å². The smallest absolute Gasteiger partial charge is 0.338 e.